The van der Waals surface area contributed by atoms with E-state index in [1.54, 1.807) is 6.07 Å². The van der Waals surface area contributed by atoms with Crippen LogP contribution in [0.25, 0.3) is 0 Å². The molecule has 27 heavy (non-hydrogen) atoms. The normalized spacial score (nSPS) is 12.8. The number of guanidine groups is 1. The molecule has 0 bridgehead atoms. The van der Waals surface area contributed by atoms with Gasteiger partial charge in [0, 0.05) is 25.7 Å². The molecule has 0 saturated carbocycles. The minimum Gasteiger partial charge on any atom is -0.504 e. The molecule has 3 rings (SSSR count). The number of ether oxygens (including phenoxy) is 3. The van der Waals surface area contributed by atoms with Gasteiger partial charge in [0.15, 0.2) is 29.0 Å². The van der Waals surface area contributed by atoms with Gasteiger partial charge in [-0.3, -0.25) is 0 Å². The van der Waals surface area contributed by atoms with Gasteiger partial charge in [0.2, 0.25) is 6.79 Å². The average Bonchev–Trinajstić information content (AvgIpc) is 3.14. The van der Waals surface area contributed by atoms with Crippen LogP contribution in [0.4, 0.5) is 0 Å². The summed E-state index contributed by atoms with van der Waals surface area (Å²) in [7, 11) is 3.50. The molecule has 1 aliphatic rings. The van der Waals surface area contributed by atoms with Gasteiger partial charge in [-0.05, 0) is 30.7 Å². The van der Waals surface area contributed by atoms with Crippen LogP contribution in [0.15, 0.2) is 41.4 Å². The Kier molecular flexibility index (Phi) is 5.90. The molecule has 2 N–H and O–H groups in total. The lowest BCUT2D eigenvalue weighted by Gasteiger charge is -2.22. The summed E-state index contributed by atoms with van der Waals surface area (Å²) in [5.41, 5.74) is 1.80. The third-order valence-corrected chi connectivity index (χ3v) is 4.25. The number of fused-ring (bicyclic) bond motifs is 1. The van der Waals surface area contributed by atoms with Gasteiger partial charge in [0.1, 0.15) is 0 Å². The van der Waals surface area contributed by atoms with E-state index >= 15 is 0 Å². The molecule has 144 valence electrons. The van der Waals surface area contributed by atoms with Gasteiger partial charge in [0.25, 0.3) is 0 Å². The molecule has 0 spiro atoms. The highest BCUT2D eigenvalue weighted by Gasteiger charge is 2.15. The van der Waals surface area contributed by atoms with Gasteiger partial charge in [0.05, 0.1) is 13.7 Å². The van der Waals surface area contributed by atoms with Crippen LogP contribution in [0, 0.1) is 0 Å². The number of phenolic OH excluding ortho intramolecular Hbond substituents is 1. The van der Waals surface area contributed by atoms with Crippen molar-refractivity contribution in [2.75, 3.05) is 27.5 Å². The van der Waals surface area contributed by atoms with Crippen LogP contribution in [0.1, 0.15) is 18.1 Å². The van der Waals surface area contributed by atoms with Crippen LogP contribution in [0.3, 0.4) is 0 Å². The first-order chi connectivity index (χ1) is 13.1. The molecule has 0 atom stereocenters. The molecule has 0 aromatic heterocycles. The zero-order valence-electron chi connectivity index (χ0n) is 15.9. The molecule has 0 saturated heterocycles. The average molecular weight is 371 g/mol. The first kappa shape index (κ1) is 18.7. The number of nitrogens with one attached hydrogen (secondary N) is 1. The van der Waals surface area contributed by atoms with Crippen molar-refractivity contribution >= 4 is 5.96 Å². The SMILES string of the molecule is CCNC(=NCc1cccc(OC)c1O)N(C)Cc1ccc2c(c1)OCO2. The predicted molar refractivity (Wildman–Crippen MR) is 104 cm³/mol. The fourth-order valence-electron chi connectivity index (χ4n) is 2.88. The molecular formula is C20H25N3O4. The van der Waals surface area contributed by atoms with Crippen molar-refractivity contribution in [1.29, 1.82) is 0 Å². The number of aromatic hydroxyl groups is 1. The summed E-state index contributed by atoms with van der Waals surface area (Å²) in [5, 5.41) is 13.5. The van der Waals surface area contributed by atoms with E-state index < -0.39 is 0 Å². The Morgan fingerprint density at radius 3 is 2.85 bits per heavy atom. The summed E-state index contributed by atoms with van der Waals surface area (Å²) in [6.45, 7) is 4.04. The third kappa shape index (κ3) is 4.36. The Labute approximate surface area is 159 Å². The third-order valence-electron chi connectivity index (χ3n) is 4.25. The summed E-state index contributed by atoms with van der Waals surface area (Å²) in [5.74, 6) is 2.86. The molecular weight excluding hydrogens is 346 g/mol. The minimum absolute atomic E-state index is 0.123. The fourth-order valence-corrected chi connectivity index (χ4v) is 2.88. The molecule has 0 radical (unpaired) electrons. The van der Waals surface area contributed by atoms with Gasteiger partial charge in [-0.25, -0.2) is 4.99 Å². The maximum Gasteiger partial charge on any atom is 0.231 e. The summed E-state index contributed by atoms with van der Waals surface area (Å²) in [4.78, 5) is 6.67. The number of hydrogen-bond acceptors (Lipinski definition) is 5. The lowest BCUT2D eigenvalue weighted by molar-refractivity contribution is 0.174. The quantitative estimate of drug-likeness (QED) is 0.601. The smallest absolute Gasteiger partial charge is 0.231 e. The monoisotopic (exact) mass is 371 g/mol. The largest absolute Gasteiger partial charge is 0.504 e. The van der Waals surface area contributed by atoms with Gasteiger partial charge in [-0.1, -0.05) is 18.2 Å². The number of hydrogen-bond donors (Lipinski definition) is 2. The maximum atomic E-state index is 10.2. The van der Waals surface area contributed by atoms with Crippen molar-refractivity contribution in [3.63, 3.8) is 0 Å². The van der Waals surface area contributed by atoms with Crippen LogP contribution in [0.5, 0.6) is 23.0 Å². The lowest BCUT2D eigenvalue weighted by atomic mass is 10.2. The molecule has 0 fully saturated rings. The van der Waals surface area contributed by atoms with Crippen LogP contribution in [-0.4, -0.2) is 43.5 Å². The highest BCUT2D eigenvalue weighted by molar-refractivity contribution is 5.79. The van der Waals surface area contributed by atoms with E-state index in [0.29, 0.717) is 24.4 Å². The zero-order valence-corrected chi connectivity index (χ0v) is 15.9. The van der Waals surface area contributed by atoms with E-state index in [0.717, 1.165) is 29.6 Å². The van der Waals surface area contributed by atoms with Gasteiger partial charge in [-0.2, -0.15) is 0 Å². The molecule has 2 aromatic carbocycles. The Morgan fingerprint density at radius 2 is 2.07 bits per heavy atom. The number of rotatable bonds is 6. The molecule has 0 amide bonds. The Bertz CT molecular complexity index is 823. The molecule has 7 nitrogen and oxygen atoms in total. The second-order valence-corrected chi connectivity index (χ2v) is 6.18. The molecule has 1 aliphatic heterocycles. The standard InChI is InChI=1S/C20H25N3O4/c1-4-21-20(22-11-15-6-5-7-17(25-3)19(15)24)23(2)12-14-8-9-16-18(10-14)27-13-26-16/h5-10,24H,4,11-13H2,1-3H3,(H,21,22). The topological polar surface area (TPSA) is 75.6 Å². The van der Waals surface area contributed by atoms with Crippen LogP contribution in [0.2, 0.25) is 0 Å². The maximum absolute atomic E-state index is 10.2. The van der Waals surface area contributed by atoms with Crippen LogP contribution >= 0.6 is 0 Å². The van der Waals surface area contributed by atoms with E-state index in [1.807, 2.05) is 49.2 Å². The number of benzene rings is 2. The zero-order chi connectivity index (χ0) is 19.2. The minimum atomic E-state index is 0.123. The van der Waals surface area contributed by atoms with Crippen molar-refractivity contribution in [1.82, 2.24) is 10.2 Å². The van der Waals surface area contributed by atoms with Gasteiger partial charge < -0.3 is 29.5 Å². The second kappa shape index (κ2) is 8.53. The van der Waals surface area contributed by atoms with E-state index in [2.05, 4.69) is 10.3 Å². The number of para-hydroxylation sites is 1. The fraction of sp³-hybridized carbons (Fsp3) is 0.350. The van der Waals surface area contributed by atoms with E-state index in [4.69, 9.17) is 14.2 Å². The number of nitrogens with zero attached hydrogens (tertiary/aromatic N) is 2. The van der Waals surface area contributed by atoms with Crippen molar-refractivity contribution < 1.29 is 19.3 Å². The highest BCUT2D eigenvalue weighted by atomic mass is 16.7. The van der Waals surface area contributed by atoms with Crippen molar-refractivity contribution in [3.05, 3.63) is 47.5 Å². The van der Waals surface area contributed by atoms with E-state index in [-0.39, 0.29) is 12.5 Å². The Morgan fingerprint density at radius 1 is 1.26 bits per heavy atom. The number of phenols is 1. The van der Waals surface area contributed by atoms with E-state index in [9.17, 15) is 5.11 Å². The summed E-state index contributed by atoms with van der Waals surface area (Å²) in [6, 6.07) is 11.3. The van der Waals surface area contributed by atoms with Crippen LogP contribution in [-0.2, 0) is 13.1 Å². The van der Waals surface area contributed by atoms with Gasteiger partial charge in [-0.15, -0.1) is 0 Å². The summed E-state index contributed by atoms with van der Waals surface area (Å²) < 4.78 is 16.0. The second-order valence-electron chi connectivity index (χ2n) is 6.18. The van der Waals surface area contributed by atoms with Gasteiger partial charge >= 0.3 is 0 Å². The van der Waals surface area contributed by atoms with Crippen molar-refractivity contribution in [3.8, 4) is 23.0 Å². The number of aliphatic imine (C=N–C) groups is 1. The Hall–Kier alpha value is -3.09. The molecule has 0 unspecified atom stereocenters. The van der Waals surface area contributed by atoms with Crippen molar-refractivity contribution in [2.45, 2.75) is 20.0 Å². The predicted octanol–water partition coefficient (Wildman–Crippen LogP) is 2.73. The highest BCUT2D eigenvalue weighted by Crippen LogP contribution is 2.33. The summed E-state index contributed by atoms with van der Waals surface area (Å²) >= 11 is 0. The lowest BCUT2D eigenvalue weighted by Crippen LogP contribution is -2.38. The summed E-state index contributed by atoms with van der Waals surface area (Å²) in [6.07, 6.45) is 0. The molecule has 1 heterocycles. The number of methoxy groups -OCH3 is 1. The van der Waals surface area contributed by atoms with Crippen LogP contribution < -0.4 is 19.5 Å². The Balaban J connectivity index is 1.73. The first-order valence-electron chi connectivity index (χ1n) is 8.85. The molecule has 2 aromatic rings. The van der Waals surface area contributed by atoms with Crippen molar-refractivity contribution in [2.24, 2.45) is 4.99 Å². The van der Waals surface area contributed by atoms with E-state index in [1.165, 1.54) is 7.11 Å². The first-order valence-corrected chi connectivity index (χ1v) is 8.85. The molecule has 7 heteroatoms. The molecule has 0 aliphatic carbocycles.